The molecule has 0 bridgehead atoms. The molecule has 4 heteroatoms. The van der Waals surface area contributed by atoms with Gasteiger partial charge in [0.05, 0.1) is 20.8 Å². The van der Waals surface area contributed by atoms with Crippen molar-refractivity contribution in [3.05, 3.63) is 23.3 Å². The molecule has 0 saturated carbocycles. The van der Waals surface area contributed by atoms with E-state index in [1.807, 2.05) is 12.1 Å². The molecule has 0 aliphatic carbocycles. The van der Waals surface area contributed by atoms with Crippen LogP contribution in [0.2, 0.25) is 0 Å². The van der Waals surface area contributed by atoms with E-state index in [2.05, 4.69) is 11.8 Å². The van der Waals surface area contributed by atoms with Crippen LogP contribution in [0.3, 0.4) is 0 Å². The fourth-order valence-corrected chi connectivity index (χ4v) is 2.72. The first-order chi connectivity index (χ1) is 9.19. The number of methoxy groups -OCH3 is 2. The lowest BCUT2D eigenvalue weighted by atomic mass is 10.1. The highest BCUT2D eigenvalue weighted by Gasteiger charge is 2.24. The molecule has 1 heterocycles. The van der Waals surface area contributed by atoms with Gasteiger partial charge in [0.1, 0.15) is 0 Å². The Hall–Kier alpha value is -1.26. The topological polar surface area (TPSA) is 41.9 Å². The van der Waals surface area contributed by atoms with E-state index < -0.39 is 0 Å². The van der Waals surface area contributed by atoms with Gasteiger partial charge in [0, 0.05) is 12.6 Å². The molecule has 0 spiro atoms. The summed E-state index contributed by atoms with van der Waals surface area (Å²) in [5.74, 6) is 1.53. The fraction of sp³-hybridized carbons (Fsp3) is 0.600. The molecule has 1 aliphatic heterocycles. The Morgan fingerprint density at radius 1 is 1.26 bits per heavy atom. The van der Waals surface area contributed by atoms with Gasteiger partial charge in [-0.15, -0.1) is 0 Å². The van der Waals surface area contributed by atoms with E-state index in [-0.39, 0.29) is 6.61 Å². The summed E-state index contributed by atoms with van der Waals surface area (Å²) >= 11 is 0. The van der Waals surface area contributed by atoms with E-state index in [9.17, 15) is 5.11 Å². The Morgan fingerprint density at radius 3 is 2.58 bits per heavy atom. The first-order valence-electron chi connectivity index (χ1n) is 6.76. The first-order valence-corrected chi connectivity index (χ1v) is 6.76. The molecule has 106 valence electrons. The van der Waals surface area contributed by atoms with Gasteiger partial charge in [-0.2, -0.15) is 0 Å². The smallest absolute Gasteiger partial charge is 0.161 e. The van der Waals surface area contributed by atoms with E-state index in [1.165, 1.54) is 11.1 Å². The second kappa shape index (κ2) is 6.26. The Kier molecular flexibility index (Phi) is 4.66. The maximum absolute atomic E-state index is 9.38. The number of benzene rings is 1. The lowest BCUT2D eigenvalue weighted by Crippen LogP contribution is -2.31. The molecule has 0 amide bonds. The summed E-state index contributed by atoms with van der Waals surface area (Å²) in [6.45, 7) is 4.24. The summed E-state index contributed by atoms with van der Waals surface area (Å²) in [6, 6.07) is 4.35. The van der Waals surface area contributed by atoms with E-state index >= 15 is 0 Å². The van der Waals surface area contributed by atoms with Crippen LogP contribution in [0.25, 0.3) is 0 Å². The normalized spacial score (nSPS) is 19.7. The predicted octanol–water partition coefficient (Wildman–Crippen LogP) is 1.97. The summed E-state index contributed by atoms with van der Waals surface area (Å²) in [6.07, 6.45) is 2.25. The molecule has 19 heavy (non-hydrogen) atoms. The van der Waals surface area contributed by atoms with Crippen LogP contribution < -0.4 is 9.47 Å². The highest BCUT2D eigenvalue weighted by molar-refractivity contribution is 5.47. The number of rotatable bonds is 5. The van der Waals surface area contributed by atoms with Crippen LogP contribution in [0, 0.1) is 6.92 Å². The molecule has 4 nitrogen and oxygen atoms in total. The lowest BCUT2D eigenvalue weighted by molar-refractivity contribution is 0.153. The van der Waals surface area contributed by atoms with Crippen molar-refractivity contribution in [2.45, 2.75) is 32.4 Å². The minimum Gasteiger partial charge on any atom is -0.493 e. The average Bonchev–Trinajstić information content (AvgIpc) is 2.87. The van der Waals surface area contributed by atoms with E-state index in [1.54, 1.807) is 14.2 Å². The molecule has 1 atom stereocenters. The minimum absolute atomic E-state index is 0.242. The Balaban J connectivity index is 2.20. The number of aliphatic hydroxyl groups excluding tert-OH is 1. The Morgan fingerprint density at radius 2 is 1.95 bits per heavy atom. The third-order valence-electron chi connectivity index (χ3n) is 3.93. The van der Waals surface area contributed by atoms with Gasteiger partial charge in [-0.3, -0.25) is 4.90 Å². The quantitative estimate of drug-likeness (QED) is 0.884. The van der Waals surface area contributed by atoms with E-state index in [0.717, 1.165) is 37.4 Å². The molecule has 0 radical (unpaired) electrons. The third-order valence-corrected chi connectivity index (χ3v) is 3.93. The van der Waals surface area contributed by atoms with Crippen LogP contribution in [0.1, 0.15) is 24.0 Å². The van der Waals surface area contributed by atoms with Crippen molar-refractivity contribution in [1.29, 1.82) is 0 Å². The van der Waals surface area contributed by atoms with E-state index in [4.69, 9.17) is 9.47 Å². The molecule has 2 rings (SSSR count). The van der Waals surface area contributed by atoms with Crippen molar-refractivity contribution in [3.8, 4) is 11.5 Å². The maximum Gasteiger partial charge on any atom is 0.161 e. The number of aliphatic hydroxyl groups is 1. The number of likely N-dealkylation sites (tertiary alicyclic amines) is 1. The second-order valence-corrected chi connectivity index (χ2v) is 5.08. The first kappa shape index (κ1) is 14.2. The SMILES string of the molecule is COc1cc(C)c(CN2CCCC2CO)cc1OC. The van der Waals surface area contributed by atoms with Crippen LogP contribution in [-0.2, 0) is 6.54 Å². The molecular weight excluding hydrogens is 242 g/mol. The van der Waals surface area contributed by atoms with Gasteiger partial charge >= 0.3 is 0 Å². The molecule has 1 aliphatic rings. The predicted molar refractivity (Wildman–Crippen MR) is 74.8 cm³/mol. The average molecular weight is 265 g/mol. The van der Waals surface area contributed by atoms with Crippen molar-refractivity contribution >= 4 is 0 Å². The maximum atomic E-state index is 9.38. The molecule has 1 aromatic carbocycles. The lowest BCUT2D eigenvalue weighted by Gasteiger charge is -2.24. The van der Waals surface area contributed by atoms with Crippen molar-refractivity contribution in [3.63, 3.8) is 0 Å². The minimum atomic E-state index is 0.242. The zero-order valence-corrected chi connectivity index (χ0v) is 12.0. The second-order valence-electron chi connectivity index (χ2n) is 5.08. The summed E-state index contributed by atoms with van der Waals surface area (Å²) in [7, 11) is 3.31. The number of aryl methyl sites for hydroxylation is 1. The molecule has 1 unspecified atom stereocenters. The summed E-state index contributed by atoms with van der Waals surface area (Å²) in [5, 5.41) is 9.38. The van der Waals surface area contributed by atoms with Gasteiger partial charge in [0.2, 0.25) is 0 Å². The number of hydrogen-bond acceptors (Lipinski definition) is 4. The van der Waals surface area contributed by atoms with Crippen molar-refractivity contribution in [1.82, 2.24) is 4.90 Å². The van der Waals surface area contributed by atoms with Crippen molar-refractivity contribution in [2.24, 2.45) is 0 Å². The van der Waals surface area contributed by atoms with E-state index in [0.29, 0.717) is 6.04 Å². The van der Waals surface area contributed by atoms with Crippen LogP contribution in [0.15, 0.2) is 12.1 Å². The molecule has 1 saturated heterocycles. The van der Waals surface area contributed by atoms with Gasteiger partial charge in [0.25, 0.3) is 0 Å². The summed E-state index contributed by atoms with van der Waals surface area (Å²) in [5.41, 5.74) is 2.43. The molecular formula is C15H23NO3. The molecule has 0 aromatic heterocycles. The number of ether oxygens (including phenoxy) is 2. The van der Waals surface area contributed by atoms with Gasteiger partial charge in [-0.25, -0.2) is 0 Å². The summed E-state index contributed by atoms with van der Waals surface area (Å²) < 4.78 is 10.7. The van der Waals surface area contributed by atoms with Gasteiger partial charge < -0.3 is 14.6 Å². The highest BCUT2D eigenvalue weighted by atomic mass is 16.5. The largest absolute Gasteiger partial charge is 0.493 e. The molecule has 1 aromatic rings. The zero-order valence-electron chi connectivity index (χ0n) is 12.0. The fourth-order valence-electron chi connectivity index (χ4n) is 2.72. The van der Waals surface area contributed by atoms with Crippen LogP contribution in [-0.4, -0.2) is 43.4 Å². The zero-order chi connectivity index (χ0) is 13.8. The van der Waals surface area contributed by atoms with Gasteiger partial charge in [-0.05, 0) is 49.6 Å². The van der Waals surface area contributed by atoms with Gasteiger partial charge in [-0.1, -0.05) is 0 Å². The number of hydrogen-bond donors (Lipinski definition) is 1. The third kappa shape index (κ3) is 3.01. The van der Waals surface area contributed by atoms with Crippen LogP contribution >= 0.6 is 0 Å². The molecule has 1 fully saturated rings. The Labute approximate surface area is 114 Å². The monoisotopic (exact) mass is 265 g/mol. The van der Waals surface area contributed by atoms with Crippen molar-refractivity contribution < 1.29 is 14.6 Å². The van der Waals surface area contributed by atoms with Gasteiger partial charge in [0.15, 0.2) is 11.5 Å². The standard InChI is InChI=1S/C15H23NO3/c1-11-7-14(18-2)15(19-3)8-12(11)9-16-6-4-5-13(16)10-17/h7-8,13,17H,4-6,9-10H2,1-3H3. The molecule has 1 N–H and O–H groups in total. The van der Waals surface area contributed by atoms with Crippen LogP contribution in [0.4, 0.5) is 0 Å². The van der Waals surface area contributed by atoms with Crippen LogP contribution in [0.5, 0.6) is 11.5 Å². The highest BCUT2D eigenvalue weighted by Crippen LogP contribution is 2.31. The number of nitrogens with zero attached hydrogens (tertiary/aromatic N) is 1. The summed E-state index contributed by atoms with van der Waals surface area (Å²) in [4.78, 5) is 2.34. The Bertz CT molecular complexity index is 434. The van der Waals surface area contributed by atoms with Crippen molar-refractivity contribution in [2.75, 3.05) is 27.4 Å².